The summed E-state index contributed by atoms with van der Waals surface area (Å²) in [5, 5.41) is 32.2. The second kappa shape index (κ2) is 8.50. The Morgan fingerprint density at radius 2 is 1.80 bits per heavy atom. The molecule has 6 heteroatoms. The first-order valence-corrected chi connectivity index (χ1v) is 8.19. The van der Waals surface area contributed by atoms with Gasteiger partial charge in [0.1, 0.15) is 0 Å². The molecule has 0 heterocycles. The number of phenolic OH excluding ortho intramolecular Hbond substituents is 2. The van der Waals surface area contributed by atoms with Crippen LogP contribution < -0.4 is 11.1 Å². The van der Waals surface area contributed by atoms with Crippen molar-refractivity contribution in [3.63, 3.8) is 0 Å². The fraction of sp³-hybridized carbons (Fsp3) is 0.316. The number of aryl methyl sites for hydroxylation is 1. The molecule has 0 fully saturated rings. The molecule has 134 valence electrons. The highest BCUT2D eigenvalue weighted by atomic mass is 16.3. The number of aromatic hydroxyl groups is 2. The lowest BCUT2D eigenvalue weighted by Crippen LogP contribution is -2.30. The van der Waals surface area contributed by atoms with Crippen molar-refractivity contribution in [2.75, 3.05) is 6.54 Å². The van der Waals surface area contributed by atoms with Crippen molar-refractivity contribution < 1.29 is 20.1 Å². The number of amides is 1. The van der Waals surface area contributed by atoms with Gasteiger partial charge in [0, 0.05) is 18.2 Å². The Morgan fingerprint density at radius 1 is 1.12 bits per heavy atom. The Hall–Kier alpha value is -2.57. The van der Waals surface area contributed by atoms with Gasteiger partial charge in [-0.1, -0.05) is 18.2 Å². The molecule has 0 unspecified atom stereocenters. The van der Waals surface area contributed by atoms with Crippen LogP contribution in [0.3, 0.4) is 0 Å². The second-order valence-corrected chi connectivity index (χ2v) is 6.17. The monoisotopic (exact) mass is 344 g/mol. The quantitative estimate of drug-likeness (QED) is 0.469. The first-order chi connectivity index (χ1) is 11.9. The van der Waals surface area contributed by atoms with Crippen molar-refractivity contribution in [1.29, 1.82) is 0 Å². The van der Waals surface area contributed by atoms with Crippen LogP contribution in [0.15, 0.2) is 42.5 Å². The first-order valence-electron chi connectivity index (χ1n) is 8.19. The summed E-state index contributed by atoms with van der Waals surface area (Å²) in [4.78, 5) is 11.0. The third-order valence-electron chi connectivity index (χ3n) is 4.15. The van der Waals surface area contributed by atoms with Crippen molar-refractivity contribution >= 4 is 5.91 Å². The van der Waals surface area contributed by atoms with Gasteiger partial charge in [0.05, 0.1) is 6.10 Å². The summed E-state index contributed by atoms with van der Waals surface area (Å²) in [5.41, 5.74) is 7.37. The minimum atomic E-state index is -0.774. The number of phenols is 2. The van der Waals surface area contributed by atoms with Gasteiger partial charge in [0.25, 0.3) is 0 Å². The van der Waals surface area contributed by atoms with Crippen molar-refractivity contribution in [3.05, 3.63) is 59.2 Å². The van der Waals surface area contributed by atoms with Gasteiger partial charge in [-0.2, -0.15) is 0 Å². The zero-order chi connectivity index (χ0) is 18.4. The third kappa shape index (κ3) is 5.48. The predicted octanol–water partition coefficient (Wildman–Crippen LogP) is 1.84. The first kappa shape index (κ1) is 18.8. The molecule has 6 nitrogen and oxygen atoms in total. The number of hydrogen-bond acceptors (Lipinski definition) is 5. The maximum absolute atomic E-state index is 11.0. The Labute approximate surface area is 146 Å². The van der Waals surface area contributed by atoms with Gasteiger partial charge in [0.2, 0.25) is 5.91 Å². The van der Waals surface area contributed by atoms with Gasteiger partial charge in [0.15, 0.2) is 11.5 Å². The molecule has 2 aromatic rings. The zero-order valence-electron chi connectivity index (χ0n) is 14.1. The molecule has 25 heavy (non-hydrogen) atoms. The van der Waals surface area contributed by atoms with Gasteiger partial charge < -0.3 is 26.4 Å². The maximum Gasteiger partial charge on any atom is 0.248 e. The summed E-state index contributed by atoms with van der Waals surface area (Å²) in [7, 11) is 0. The second-order valence-electron chi connectivity index (χ2n) is 6.17. The normalized spacial score (nSPS) is 13.4. The maximum atomic E-state index is 11.0. The average Bonchev–Trinajstić information content (AvgIpc) is 2.60. The molecule has 0 bridgehead atoms. The Balaban J connectivity index is 1.78. The molecule has 1 amide bonds. The van der Waals surface area contributed by atoms with Crippen LogP contribution in [0.25, 0.3) is 0 Å². The summed E-state index contributed by atoms with van der Waals surface area (Å²) in [6.07, 6.45) is 0.927. The Bertz CT molecular complexity index is 716. The molecule has 0 saturated carbocycles. The van der Waals surface area contributed by atoms with Crippen LogP contribution in [0.2, 0.25) is 0 Å². The lowest BCUT2D eigenvalue weighted by atomic mass is 10.0. The number of nitrogens with one attached hydrogen (secondary N) is 1. The van der Waals surface area contributed by atoms with Crippen LogP contribution in [0, 0.1) is 0 Å². The Kier molecular flexibility index (Phi) is 6.38. The van der Waals surface area contributed by atoms with E-state index >= 15 is 0 Å². The van der Waals surface area contributed by atoms with Crippen molar-refractivity contribution in [3.8, 4) is 11.5 Å². The third-order valence-corrected chi connectivity index (χ3v) is 4.15. The minimum absolute atomic E-state index is 0.177. The van der Waals surface area contributed by atoms with Crippen molar-refractivity contribution in [2.45, 2.75) is 31.9 Å². The van der Waals surface area contributed by atoms with Crippen molar-refractivity contribution in [1.82, 2.24) is 5.32 Å². The molecule has 0 aromatic heterocycles. The van der Waals surface area contributed by atoms with Crippen LogP contribution >= 0.6 is 0 Å². The summed E-state index contributed by atoms with van der Waals surface area (Å²) in [5.74, 6) is -0.889. The summed E-state index contributed by atoms with van der Waals surface area (Å²) in [6.45, 7) is 2.37. The van der Waals surface area contributed by atoms with E-state index in [1.165, 1.54) is 12.1 Å². The molecule has 2 aromatic carbocycles. The Morgan fingerprint density at radius 3 is 2.40 bits per heavy atom. The van der Waals surface area contributed by atoms with Gasteiger partial charge in [-0.15, -0.1) is 0 Å². The molecule has 2 rings (SSSR count). The molecule has 2 atom stereocenters. The highest BCUT2D eigenvalue weighted by molar-refractivity contribution is 5.92. The van der Waals surface area contributed by atoms with Crippen LogP contribution in [0.4, 0.5) is 0 Å². The molecule has 0 aliphatic rings. The molecule has 0 saturated heterocycles. The molecule has 0 aliphatic heterocycles. The van der Waals surface area contributed by atoms with Gasteiger partial charge in [-0.25, -0.2) is 0 Å². The van der Waals surface area contributed by atoms with Gasteiger partial charge in [-0.3, -0.25) is 4.79 Å². The summed E-state index contributed by atoms with van der Waals surface area (Å²) < 4.78 is 0. The number of aliphatic hydroxyl groups is 1. The number of nitrogens with two attached hydrogens (primary N) is 1. The number of aliphatic hydroxyl groups excluding tert-OH is 1. The van der Waals surface area contributed by atoms with Crippen LogP contribution in [-0.4, -0.2) is 33.8 Å². The molecular formula is C19H24N2O4. The average molecular weight is 344 g/mol. The summed E-state index contributed by atoms with van der Waals surface area (Å²) in [6, 6.07) is 11.7. The topological polar surface area (TPSA) is 116 Å². The van der Waals surface area contributed by atoms with E-state index in [0.717, 1.165) is 18.4 Å². The lowest BCUT2D eigenvalue weighted by molar-refractivity contribution is 0.1000. The van der Waals surface area contributed by atoms with Crippen molar-refractivity contribution in [2.24, 2.45) is 5.73 Å². The number of rotatable bonds is 8. The largest absolute Gasteiger partial charge is 0.504 e. The molecule has 0 spiro atoms. The van der Waals surface area contributed by atoms with E-state index in [4.69, 9.17) is 5.73 Å². The molecular weight excluding hydrogens is 320 g/mol. The van der Waals surface area contributed by atoms with E-state index in [1.807, 2.05) is 19.1 Å². The smallest absolute Gasteiger partial charge is 0.248 e. The highest BCUT2D eigenvalue weighted by Crippen LogP contribution is 2.27. The molecule has 6 N–H and O–H groups in total. The van der Waals surface area contributed by atoms with Gasteiger partial charge in [-0.05, 0) is 55.2 Å². The predicted molar refractivity (Wildman–Crippen MR) is 95.5 cm³/mol. The zero-order valence-corrected chi connectivity index (χ0v) is 14.1. The number of primary amides is 1. The number of carbonyl (C=O) groups is 1. The van der Waals surface area contributed by atoms with E-state index in [9.17, 15) is 20.1 Å². The lowest BCUT2D eigenvalue weighted by Gasteiger charge is -2.18. The molecule has 0 radical (unpaired) electrons. The number of benzene rings is 2. The van der Waals surface area contributed by atoms with E-state index in [2.05, 4.69) is 5.32 Å². The van der Waals surface area contributed by atoms with E-state index < -0.39 is 12.0 Å². The minimum Gasteiger partial charge on any atom is -0.504 e. The van der Waals surface area contributed by atoms with Crippen LogP contribution in [0.1, 0.15) is 40.9 Å². The number of carbonyl (C=O) groups excluding carboxylic acids is 1. The van der Waals surface area contributed by atoms with Gasteiger partial charge >= 0.3 is 0 Å². The standard InChI is InChI=1S/C19H24N2O4/c1-12(2-3-13-4-6-14(7-5-13)19(20)25)21-11-18(24)15-8-9-16(22)17(23)10-15/h4-10,12,18,21-24H,2-3,11H2,1H3,(H2,20,25)/t12-,18+/m1/s1. The fourth-order valence-electron chi connectivity index (χ4n) is 2.50. The van der Waals surface area contributed by atoms with Crippen LogP contribution in [0.5, 0.6) is 11.5 Å². The van der Waals surface area contributed by atoms with Crippen LogP contribution in [-0.2, 0) is 6.42 Å². The molecule has 0 aliphatic carbocycles. The summed E-state index contributed by atoms with van der Waals surface area (Å²) >= 11 is 0. The SMILES string of the molecule is C[C@H](CCc1ccc(C(N)=O)cc1)NC[C@H](O)c1ccc(O)c(O)c1. The van der Waals surface area contributed by atoms with E-state index in [0.29, 0.717) is 17.7 Å². The van der Waals surface area contributed by atoms with E-state index in [-0.39, 0.29) is 17.5 Å². The number of hydrogen-bond donors (Lipinski definition) is 5. The highest BCUT2D eigenvalue weighted by Gasteiger charge is 2.12. The van der Waals surface area contributed by atoms with E-state index in [1.54, 1.807) is 18.2 Å². The fourth-order valence-corrected chi connectivity index (χ4v) is 2.50.